The first kappa shape index (κ1) is 13.7. The summed E-state index contributed by atoms with van der Waals surface area (Å²) in [5.74, 6) is -3.65. The van der Waals surface area contributed by atoms with Crippen LogP contribution in [0, 0.1) is 5.82 Å². The zero-order valence-electron chi connectivity index (χ0n) is 8.61. The fourth-order valence-corrected chi connectivity index (χ4v) is 2.15. The number of benzene rings is 1. The van der Waals surface area contributed by atoms with Gasteiger partial charge in [0, 0.05) is 10.7 Å². The normalized spacial score (nSPS) is 11.2. The van der Waals surface area contributed by atoms with Crippen LogP contribution in [0.3, 0.4) is 0 Å². The number of phenols is 1. The highest BCUT2D eigenvalue weighted by molar-refractivity contribution is 8.13. The fourth-order valence-electron chi connectivity index (χ4n) is 1.20. The number of ether oxygens (including phenoxy) is 1. The summed E-state index contributed by atoms with van der Waals surface area (Å²) in [6.07, 6.45) is 0. The van der Waals surface area contributed by atoms with Crippen LogP contribution in [-0.4, -0.2) is 26.6 Å². The zero-order chi connectivity index (χ0) is 13.2. The highest BCUT2D eigenvalue weighted by Crippen LogP contribution is 2.25. The molecule has 8 heteroatoms. The average molecular weight is 283 g/mol. The van der Waals surface area contributed by atoms with E-state index in [1.54, 1.807) is 0 Å². The van der Waals surface area contributed by atoms with E-state index in [1.165, 1.54) is 0 Å². The molecule has 1 rings (SSSR count). The summed E-state index contributed by atoms with van der Waals surface area (Å²) in [7, 11) is 2.16. The molecule has 0 aromatic heterocycles. The summed E-state index contributed by atoms with van der Waals surface area (Å²) in [6, 6.07) is 1.78. The summed E-state index contributed by atoms with van der Waals surface area (Å²) in [4.78, 5) is 11.2. The summed E-state index contributed by atoms with van der Waals surface area (Å²) in [5, 5.41) is 9.26. The van der Waals surface area contributed by atoms with E-state index in [0.29, 0.717) is 0 Å². The van der Waals surface area contributed by atoms with Crippen LogP contribution in [-0.2, 0) is 19.5 Å². The monoisotopic (exact) mass is 282 g/mol. The Morgan fingerprint density at radius 3 is 2.59 bits per heavy atom. The zero-order valence-corrected chi connectivity index (χ0v) is 10.2. The molecule has 0 unspecified atom stereocenters. The Balaban J connectivity index is 3.29. The quantitative estimate of drug-likeness (QED) is 0.669. The number of rotatable bonds is 3. The van der Waals surface area contributed by atoms with Crippen LogP contribution in [0.25, 0.3) is 0 Å². The molecule has 0 amide bonds. The molecule has 0 saturated heterocycles. The lowest BCUT2D eigenvalue weighted by Gasteiger charge is -2.06. The van der Waals surface area contributed by atoms with E-state index in [9.17, 15) is 22.7 Å². The molecule has 0 bridgehead atoms. The molecule has 0 saturated carbocycles. The van der Waals surface area contributed by atoms with Gasteiger partial charge in [-0.25, -0.2) is 17.6 Å². The lowest BCUT2D eigenvalue weighted by atomic mass is 10.1. The van der Waals surface area contributed by atoms with E-state index in [2.05, 4.69) is 4.74 Å². The maximum Gasteiger partial charge on any atom is 0.341 e. The molecule has 0 fully saturated rings. The smallest absolute Gasteiger partial charge is 0.341 e. The van der Waals surface area contributed by atoms with E-state index in [-0.39, 0.29) is 5.56 Å². The van der Waals surface area contributed by atoms with E-state index in [4.69, 9.17) is 10.7 Å². The fraction of sp³-hybridized carbons (Fsp3) is 0.222. The standard InChI is InChI=1S/C9H8ClFO5S/c1-16-9(13)6-2-5(4-17(10,14)15)3-7(11)8(6)12/h2-3,12H,4H2,1H3. The molecule has 0 heterocycles. The van der Waals surface area contributed by atoms with Gasteiger partial charge in [-0.2, -0.15) is 0 Å². The third-order valence-corrected chi connectivity index (χ3v) is 2.87. The number of halogens is 2. The Bertz CT molecular complexity index is 555. The molecule has 0 atom stereocenters. The van der Waals surface area contributed by atoms with Crippen molar-refractivity contribution in [1.29, 1.82) is 0 Å². The summed E-state index contributed by atoms with van der Waals surface area (Å²) < 4.78 is 39.1. The van der Waals surface area contributed by atoms with Crippen molar-refractivity contribution in [2.45, 2.75) is 5.75 Å². The van der Waals surface area contributed by atoms with E-state index < -0.39 is 37.9 Å². The van der Waals surface area contributed by atoms with Crippen molar-refractivity contribution in [3.05, 3.63) is 29.1 Å². The van der Waals surface area contributed by atoms with E-state index in [0.717, 1.165) is 19.2 Å². The second kappa shape index (κ2) is 4.89. The molecule has 0 radical (unpaired) electrons. The highest BCUT2D eigenvalue weighted by atomic mass is 35.7. The highest BCUT2D eigenvalue weighted by Gasteiger charge is 2.19. The number of phenolic OH excluding ortho intramolecular Hbond substituents is 1. The van der Waals surface area contributed by atoms with Gasteiger partial charge in [-0.3, -0.25) is 0 Å². The van der Waals surface area contributed by atoms with Crippen LogP contribution in [0.15, 0.2) is 12.1 Å². The molecule has 0 aliphatic rings. The van der Waals surface area contributed by atoms with E-state index >= 15 is 0 Å². The first-order valence-electron chi connectivity index (χ1n) is 4.26. The molecule has 1 aromatic carbocycles. The third kappa shape index (κ3) is 3.57. The summed E-state index contributed by atoms with van der Waals surface area (Å²) in [5.41, 5.74) is -0.515. The maximum absolute atomic E-state index is 13.2. The Kier molecular flexibility index (Phi) is 3.94. The number of carbonyl (C=O) groups excluding carboxylic acids is 1. The minimum absolute atomic E-state index is 0.0595. The van der Waals surface area contributed by atoms with Crippen molar-refractivity contribution in [1.82, 2.24) is 0 Å². The average Bonchev–Trinajstić information content (AvgIpc) is 2.19. The van der Waals surface area contributed by atoms with Gasteiger partial charge >= 0.3 is 5.97 Å². The summed E-state index contributed by atoms with van der Waals surface area (Å²) in [6.45, 7) is 0. The van der Waals surface area contributed by atoms with Crippen molar-refractivity contribution >= 4 is 25.7 Å². The number of hydrogen-bond acceptors (Lipinski definition) is 5. The molecule has 1 N–H and O–H groups in total. The largest absolute Gasteiger partial charge is 0.504 e. The predicted octanol–water partition coefficient (Wildman–Crippen LogP) is 1.39. The third-order valence-electron chi connectivity index (χ3n) is 1.87. The van der Waals surface area contributed by atoms with Gasteiger partial charge in [-0.1, -0.05) is 0 Å². The number of methoxy groups -OCH3 is 1. The van der Waals surface area contributed by atoms with Crippen LogP contribution in [0.1, 0.15) is 15.9 Å². The van der Waals surface area contributed by atoms with Crippen LogP contribution in [0.2, 0.25) is 0 Å². The minimum Gasteiger partial charge on any atom is -0.504 e. The molecular formula is C9H8ClFO5S. The first-order valence-corrected chi connectivity index (χ1v) is 6.74. The number of carbonyl (C=O) groups is 1. The van der Waals surface area contributed by atoms with Crippen molar-refractivity contribution in [2.24, 2.45) is 0 Å². The minimum atomic E-state index is -3.88. The molecule has 17 heavy (non-hydrogen) atoms. The van der Waals surface area contributed by atoms with E-state index in [1.807, 2.05) is 0 Å². The van der Waals surface area contributed by atoms with Crippen LogP contribution in [0.5, 0.6) is 5.75 Å². The van der Waals surface area contributed by atoms with Gasteiger partial charge in [0.05, 0.1) is 12.9 Å². The molecule has 0 spiro atoms. The van der Waals surface area contributed by atoms with Gasteiger partial charge < -0.3 is 9.84 Å². The molecule has 5 nitrogen and oxygen atoms in total. The van der Waals surface area contributed by atoms with Crippen LogP contribution in [0.4, 0.5) is 4.39 Å². The molecular weight excluding hydrogens is 275 g/mol. The lowest BCUT2D eigenvalue weighted by molar-refractivity contribution is 0.0596. The summed E-state index contributed by atoms with van der Waals surface area (Å²) >= 11 is 0. The molecule has 94 valence electrons. The van der Waals surface area contributed by atoms with Gasteiger partial charge in [0.2, 0.25) is 9.05 Å². The van der Waals surface area contributed by atoms with Crippen molar-refractivity contribution in [2.75, 3.05) is 7.11 Å². The van der Waals surface area contributed by atoms with Crippen molar-refractivity contribution < 1.29 is 27.4 Å². The maximum atomic E-state index is 13.2. The number of aromatic hydroxyl groups is 1. The van der Waals surface area contributed by atoms with Crippen molar-refractivity contribution in [3.63, 3.8) is 0 Å². The van der Waals surface area contributed by atoms with Crippen LogP contribution < -0.4 is 0 Å². The lowest BCUT2D eigenvalue weighted by Crippen LogP contribution is -2.05. The van der Waals surface area contributed by atoms with Crippen molar-refractivity contribution in [3.8, 4) is 5.75 Å². The molecule has 0 aliphatic carbocycles. The van der Waals surface area contributed by atoms with Gasteiger partial charge in [-0.15, -0.1) is 0 Å². The first-order chi connectivity index (χ1) is 7.74. The SMILES string of the molecule is COC(=O)c1cc(CS(=O)(=O)Cl)cc(F)c1O. The Labute approximate surface area is 101 Å². The van der Waals surface area contributed by atoms with Crippen LogP contribution >= 0.6 is 10.7 Å². The van der Waals surface area contributed by atoms with Gasteiger partial charge in [0.15, 0.2) is 11.6 Å². The van der Waals surface area contributed by atoms with Gasteiger partial charge in [0.25, 0.3) is 0 Å². The van der Waals surface area contributed by atoms with Gasteiger partial charge in [0.1, 0.15) is 5.56 Å². The molecule has 1 aromatic rings. The topological polar surface area (TPSA) is 80.7 Å². The number of esters is 1. The predicted molar refractivity (Wildman–Crippen MR) is 57.9 cm³/mol. The Hall–Kier alpha value is -1.34. The number of hydrogen-bond donors (Lipinski definition) is 1. The second-order valence-electron chi connectivity index (χ2n) is 3.15. The second-order valence-corrected chi connectivity index (χ2v) is 5.93. The Morgan fingerprint density at radius 1 is 1.53 bits per heavy atom. The van der Waals surface area contributed by atoms with Gasteiger partial charge in [-0.05, 0) is 17.7 Å². The molecule has 0 aliphatic heterocycles. The Morgan fingerprint density at radius 2 is 2.12 bits per heavy atom.